The quantitative estimate of drug-likeness (QED) is 0.569. The summed E-state index contributed by atoms with van der Waals surface area (Å²) in [5, 5.41) is 11.6. The maximum atomic E-state index is 14.0. The Bertz CT molecular complexity index is 1220. The molecule has 29 heavy (non-hydrogen) atoms. The van der Waals surface area contributed by atoms with Gasteiger partial charge in [-0.1, -0.05) is 23.4 Å². The first-order chi connectivity index (χ1) is 14.1. The van der Waals surface area contributed by atoms with Crippen LogP contribution in [-0.4, -0.2) is 37.7 Å². The second-order valence-corrected chi connectivity index (χ2v) is 6.85. The number of amides is 1. The fourth-order valence-electron chi connectivity index (χ4n) is 3.68. The van der Waals surface area contributed by atoms with Crippen LogP contribution in [0.1, 0.15) is 35.3 Å². The van der Waals surface area contributed by atoms with E-state index in [9.17, 15) is 13.6 Å². The van der Waals surface area contributed by atoms with Crippen molar-refractivity contribution in [1.82, 2.24) is 25.2 Å². The molecule has 9 heteroatoms. The Labute approximate surface area is 163 Å². The van der Waals surface area contributed by atoms with E-state index in [1.807, 2.05) is 24.3 Å². The molecule has 2 aromatic carbocycles. The van der Waals surface area contributed by atoms with E-state index in [1.165, 1.54) is 6.07 Å². The number of nitrogens with one attached hydrogen (secondary N) is 1. The third-order valence-corrected chi connectivity index (χ3v) is 5.09. The van der Waals surface area contributed by atoms with Gasteiger partial charge in [-0.3, -0.25) is 9.89 Å². The van der Waals surface area contributed by atoms with Crippen LogP contribution in [0, 0.1) is 11.6 Å². The molecule has 1 atom stereocenters. The van der Waals surface area contributed by atoms with Gasteiger partial charge in [0.1, 0.15) is 17.7 Å². The van der Waals surface area contributed by atoms with Gasteiger partial charge < -0.3 is 9.42 Å². The number of benzene rings is 2. The molecule has 0 radical (unpaired) electrons. The summed E-state index contributed by atoms with van der Waals surface area (Å²) >= 11 is 0. The summed E-state index contributed by atoms with van der Waals surface area (Å²) in [5.74, 6) is -1.47. The predicted octanol–water partition coefficient (Wildman–Crippen LogP) is 3.87. The van der Waals surface area contributed by atoms with Crippen molar-refractivity contribution in [3.63, 3.8) is 0 Å². The lowest BCUT2D eigenvalue weighted by atomic mass is 10.1. The Kier molecular flexibility index (Phi) is 4.08. The normalized spacial score (nSPS) is 16.6. The lowest BCUT2D eigenvalue weighted by molar-refractivity contribution is 0.0706. The molecule has 0 saturated carbocycles. The zero-order valence-electron chi connectivity index (χ0n) is 15.1. The highest BCUT2D eigenvalue weighted by atomic mass is 19.1. The summed E-state index contributed by atoms with van der Waals surface area (Å²) in [7, 11) is 0. The van der Waals surface area contributed by atoms with Crippen LogP contribution in [0.4, 0.5) is 8.78 Å². The second-order valence-electron chi connectivity index (χ2n) is 6.85. The molecule has 1 amide bonds. The smallest absolute Gasteiger partial charge is 0.275 e. The van der Waals surface area contributed by atoms with Crippen molar-refractivity contribution in [2.24, 2.45) is 0 Å². The van der Waals surface area contributed by atoms with Gasteiger partial charge in [0, 0.05) is 18.0 Å². The van der Waals surface area contributed by atoms with E-state index in [-0.39, 0.29) is 23.2 Å². The number of likely N-dealkylation sites (tertiary alicyclic amines) is 1. The Hall–Kier alpha value is -3.62. The number of H-pyrrole nitrogens is 1. The van der Waals surface area contributed by atoms with Crippen molar-refractivity contribution in [3.8, 4) is 11.4 Å². The van der Waals surface area contributed by atoms with E-state index >= 15 is 0 Å². The highest BCUT2D eigenvalue weighted by Gasteiger charge is 2.36. The molecule has 5 rings (SSSR count). The molecule has 2 aromatic heterocycles. The molecule has 1 aliphatic rings. The molecule has 1 N–H and O–H groups in total. The number of fused-ring (bicyclic) bond motifs is 1. The van der Waals surface area contributed by atoms with Gasteiger partial charge >= 0.3 is 0 Å². The molecule has 0 bridgehead atoms. The minimum absolute atomic E-state index is 0.0158. The zero-order chi connectivity index (χ0) is 20.0. The molecule has 3 heterocycles. The van der Waals surface area contributed by atoms with Crippen LogP contribution in [0.15, 0.2) is 47.0 Å². The number of halogens is 2. The molecule has 7 nitrogen and oxygen atoms in total. The van der Waals surface area contributed by atoms with Gasteiger partial charge in [-0.25, -0.2) is 8.78 Å². The van der Waals surface area contributed by atoms with Crippen LogP contribution in [-0.2, 0) is 0 Å². The number of aromatic amines is 1. The fourth-order valence-corrected chi connectivity index (χ4v) is 3.68. The van der Waals surface area contributed by atoms with Crippen LogP contribution in [0.2, 0.25) is 0 Å². The molecule has 1 unspecified atom stereocenters. The summed E-state index contributed by atoms with van der Waals surface area (Å²) in [6, 6.07) is 10.1. The number of nitrogens with zero attached hydrogens (tertiary/aromatic N) is 4. The van der Waals surface area contributed by atoms with Gasteiger partial charge in [-0.2, -0.15) is 10.1 Å². The van der Waals surface area contributed by atoms with Gasteiger partial charge in [0.15, 0.2) is 5.69 Å². The first kappa shape index (κ1) is 17.5. The number of hydrogen-bond acceptors (Lipinski definition) is 5. The zero-order valence-corrected chi connectivity index (χ0v) is 15.1. The minimum Gasteiger partial charge on any atom is -0.337 e. The molecule has 1 saturated heterocycles. The second kappa shape index (κ2) is 6.77. The SMILES string of the molecule is O=C(c1n[nH]c2ccccc12)N1CCCC1c1nc(-c2ccc(F)cc2F)no1. The summed E-state index contributed by atoms with van der Waals surface area (Å²) in [6.07, 6.45) is 1.41. The maximum Gasteiger partial charge on any atom is 0.275 e. The third kappa shape index (κ3) is 2.95. The third-order valence-electron chi connectivity index (χ3n) is 5.09. The van der Waals surface area contributed by atoms with Crippen molar-refractivity contribution in [2.75, 3.05) is 6.54 Å². The molecular formula is C20H15F2N5O2. The summed E-state index contributed by atoms with van der Waals surface area (Å²) in [5.41, 5.74) is 1.14. The number of aromatic nitrogens is 4. The molecule has 146 valence electrons. The Morgan fingerprint density at radius 1 is 1.21 bits per heavy atom. The van der Waals surface area contributed by atoms with Crippen molar-refractivity contribution < 1.29 is 18.1 Å². The summed E-state index contributed by atoms with van der Waals surface area (Å²) in [6.45, 7) is 0.521. The van der Waals surface area contributed by atoms with Gasteiger partial charge in [0.2, 0.25) is 11.7 Å². The molecule has 1 aliphatic heterocycles. The highest BCUT2D eigenvalue weighted by Crippen LogP contribution is 2.34. The average Bonchev–Trinajstić information content (AvgIpc) is 3.46. The topological polar surface area (TPSA) is 87.9 Å². The number of carbonyl (C=O) groups excluding carboxylic acids is 1. The monoisotopic (exact) mass is 395 g/mol. The van der Waals surface area contributed by atoms with Gasteiger partial charge in [-0.15, -0.1) is 0 Å². The molecule has 0 spiro atoms. The van der Waals surface area contributed by atoms with E-state index in [0.29, 0.717) is 18.7 Å². The first-order valence-corrected chi connectivity index (χ1v) is 9.15. The molecule has 0 aliphatic carbocycles. The van der Waals surface area contributed by atoms with E-state index in [0.717, 1.165) is 29.5 Å². The number of carbonyl (C=O) groups is 1. The standard InChI is InChI=1S/C20H15F2N5O2/c21-11-7-8-12(14(22)10-11)18-23-19(29-26-18)16-6-3-9-27(16)20(28)17-13-4-1-2-5-15(13)24-25-17/h1-2,4-5,7-8,10,16H,3,6,9H2,(H,24,25). The lowest BCUT2D eigenvalue weighted by Crippen LogP contribution is -2.31. The Morgan fingerprint density at radius 2 is 2.07 bits per heavy atom. The predicted molar refractivity (Wildman–Crippen MR) is 98.8 cm³/mol. The van der Waals surface area contributed by atoms with Crippen LogP contribution >= 0.6 is 0 Å². The summed E-state index contributed by atoms with van der Waals surface area (Å²) < 4.78 is 32.5. The fraction of sp³-hybridized carbons (Fsp3) is 0.200. The minimum atomic E-state index is -0.778. The van der Waals surface area contributed by atoms with Gasteiger partial charge in [0.25, 0.3) is 5.91 Å². The van der Waals surface area contributed by atoms with Gasteiger partial charge in [-0.05, 0) is 31.0 Å². The highest BCUT2D eigenvalue weighted by molar-refractivity contribution is 6.04. The van der Waals surface area contributed by atoms with E-state index in [2.05, 4.69) is 20.3 Å². The van der Waals surface area contributed by atoms with Crippen molar-refractivity contribution >= 4 is 16.8 Å². The van der Waals surface area contributed by atoms with E-state index in [1.54, 1.807) is 4.90 Å². The van der Waals surface area contributed by atoms with Crippen molar-refractivity contribution in [2.45, 2.75) is 18.9 Å². The van der Waals surface area contributed by atoms with E-state index in [4.69, 9.17) is 4.52 Å². The maximum absolute atomic E-state index is 14.0. The van der Waals surface area contributed by atoms with Crippen LogP contribution in [0.25, 0.3) is 22.3 Å². The Morgan fingerprint density at radius 3 is 2.93 bits per heavy atom. The first-order valence-electron chi connectivity index (χ1n) is 9.15. The average molecular weight is 395 g/mol. The molecule has 4 aromatic rings. The summed E-state index contributed by atoms with van der Waals surface area (Å²) in [4.78, 5) is 19.0. The van der Waals surface area contributed by atoms with Crippen LogP contribution in [0.5, 0.6) is 0 Å². The number of para-hydroxylation sites is 1. The largest absolute Gasteiger partial charge is 0.337 e. The molecular weight excluding hydrogens is 380 g/mol. The van der Waals surface area contributed by atoms with Crippen LogP contribution < -0.4 is 0 Å². The van der Waals surface area contributed by atoms with Crippen LogP contribution in [0.3, 0.4) is 0 Å². The Balaban J connectivity index is 1.45. The number of hydrogen-bond donors (Lipinski definition) is 1. The van der Waals surface area contributed by atoms with Gasteiger partial charge in [0.05, 0.1) is 11.1 Å². The molecule has 1 fully saturated rings. The van der Waals surface area contributed by atoms with Crippen molar-refractivity contribution in [3.05, 3.63) is 65.7 Å². The van der Waals surface area contributed by atoms with E-state index < -0.39 is 17.7 Å². The van der Waals surface area contributed by atoms with Crippen molar-refractivity contribution in [1.29, 1.82) is 0 Å². The lowest BCUT2D eigenvalue weighted by Gasteiger charge is -2.20. The number of rotatable bonds is 3.